The second-order valence-corrected chi connectivity index (χ2v) is 8.65. The Morgan fingerprint density at radius 1 is 0.955 bits per heavy atom. The van der Waals surface area contributed by atoms with Gasteiger partial charge in [-0.1, -0.05) is 12.1 Å². The SMILES string of the molecule is CSc1ccc(C23CC4C[C@H](C2)C2(OCCO2)[C@@H](C4)C3)cc1. The molecule has 22 heavy (non-hydrogen) atoms. The lowest BCUT2D eigenvalue weighted by atomic mass is 9.46. The molecule has 4 saturated carbocycles. The fourth-order valence-corrected chi connectivity index (χ4v) is 6.55. The van der Waals surface area contributed by atoms with Crippen LogP contribution in [0.2, 0.25) is 0 Å². The molecule has 0 radical (unpaired) electrons. The highest BCUT2D eigenvalue weighted by atomic mass is 32.2. The predicted molar refractivity (Wildman–Crippen MR) is 88.1 cm³/mol. The van der Waals surface area contributed by atoms with Crippen LogP contribution in [0.1, 0.15) is 37.7 Å². The van der Waals surface area contributed by atoms with Gasteiger partial charge in [0, 0.05) is 16.7 Å². The van der Waals surface area contributed by atoms with Crippen LogP contribution in [-0.2, 0) is 14.9 Å². The Labute approximate surface area is 137 Å². The third kappa shape index (κ3) is 1.76. The van der Waals surface area contributed by atoms with E-state index in [0.717, 1.165) is 19.1 Å². The van der Waals surface area contributed by atoms with E-state index in [0.29, 0.717) is 17.3 Å². The molecule has 5 aliphatic rings. The van der Waals surface area contributed by atoms with Crippen molar-refractivity contribution in [2.75, 3.05) is 19.5 Å². The summed E-state index contributed by atoms with van der Waals surface area (Å²) in [6.07, 6.45) is 8.70. The van der Waals surface area contributed by atoms with Gasteiger partial charge in [0.15, 0.2) is 5.79 Å². The van der Waals surface area contributed by atoms with Gasteiger partial charge in [-0.2, -0.15) is 0 Å². The van der Waals surface area contributed by atoms with Gasteiger partial charge in [0.1, 0.15) is 0 Å². The summed E-state index contributed by atoms with van der Waals surface area (Å²) < 4.78 is 12.4. The molecule has 0 N–H and O–H groups in total. The first kappa shape index (κ1) is 13.9. The molecule has 3 heteroatoms. The van der Waals surface area contributed by atoms with Crippen LogP contribution in [0.5, 0.6) is 0 Å². The van der Waals surface area contributed by atoms with Crippen LogP contribution in [0.25, 0.3) is 0 Å². The van der Waals surface area contributed by atoms with Crippen molar-refractivity contribution in [3.8, 4) is 0 Å². The van der Waals surface area contributed by atoms with Crippen molar-refractivity contribution in [2.24, 2.45) is 17.8 Å². The van der Waals surface area contributed by atoms with Crippen LogP contribution < -0.4 is 0 Å². The molecular formula is C19H24O2S. The molecule has 1 aromatic rings. The maximum atomic E-state index is 6.21. The Balaban J connectivity index is 1.52. The predicted octanol–water partition coefficient (Wildman–Crippen LogP) is 4.23. The first-order valence-corrected chi connectivity index (χ1v) is 9.89. The third-order valence-corrected chi connectivity index (χ3v) is 7.51. The molecule has 1 aromatic carbocycles. The van der Waals surface area contributed by atoms with E-state index in [1.807, 2.05) is 11.8 Å². The van der Waals surface area contributed by atoms with Crippen LogP contribution in [0.15, 0.2) is 29.2 Å². The van der Waals surface area contributed by atoms with Crippen molar-refractivity contribution in [3.05, 3.63) is 29.8 Å². The molecule has 2 unspecified atom stereocenters. The van der Waals surface area contributed by atoms with Gasteiger partial charge in [-0.3, -0.25) is 0 Å². The van der Waals surface area contributed by atoms with Crippen LogP contribution >= 0.6 is 11.8 Å². The number of hydrogen-bond donors (Lipinski definition) is 0. The van der Waals surface area contributed by atoms with E-state index in [4.69, 9.17) is 9.47 Å². The monoisotopic (exact) mass is 316 g/mol. The molecule has 4 aliphatic carbocycles. The maximum absolute atomic E-state index is 6.21. The van der Waals surface area contributed by atoms with Gasteiger partial charge in [0.2, 0.25) is 0 Å². The van der Waals surface area contributed by atoms with Crippen molar-refractivity contribution in [3.63, 3.8) is 0 Å². The number of hydrogen-bond acceptors (Lipinski definition) is 3. The molecule has 6 rings (SSSR count). The Morgan fingerprint density at radius 2 is 1.59 bits per heavy atom. The average Bonchev–Trinajstić information content (AvgIpc) is 3.03. The number of benzene rings is 1. The van der Waals surface area contributed by atoms with E-state index >= 15 is 0 Å². The number of rotatable bonds is 2. The van der Waals surface area contributed by atoms with Crippen LogP contribution in [0.3, 0.4) is 0 Å². The molecule has 0 amide bonds. The lowest BCUT2D eigenvalue weighted by Crippen LogP contribution is -2.62. The summed E-state index contributed by atoms with van der Waals surface area (Å²) in [7, 11) is 0. The highest BCUT2D eigenvalue weighted by Gasteiger charge is 2.65. The van der Waals surface area contributed by atoms with Crippen LogP contribution in [0, 0.1) is 17.8 Å². The highest BCUT2D eigenvalue weighted by Crippen LogP contribution is 2.66. The van der Waals surface area contributed by atoms with Gasteiger partial charge in [0.25, 0.3) is 0 Å². The van der Waals surface area contributed by atoms with E-state index in [1.165, 1.54) is 37.0 Å². The van der Waals surface area contributed by atoms with Gasteiger partial charge in [-0.05, 0) is 67.4 Å². The van der Waals surface area contributed by atoms with E-state index in [-0.39, 0.29) is 5.79 Å². The summed E-state index contributed by atoms with van der Waals surface area (Å²) in [5.41, 5.74) is 1.96. The standard InChI is InChI=1S/C19H24O2S/c1-22-17-4-2-14(3-5-17)18-10-13-8-15(11-18)19(16(9-13)12-18)20-6-7-21-19/h2-5,13,15-16H,6-12H2,1H3/t13?,15-,16+,18?. The molecule has 5 fully saturated rings. The molecular weight excluding hydrogens is 292 g/mol. The summed E-state index contributed by atoms with van der Waals surface area (Å²) in [5.74, 6) is 1.90. The van der Waals surface area contributed by atoms with Crippen molar-refractivity contribution in [2.45, 2.75) is 48.2 Å². The quantitative estimate of drug-likeness (QED) is 0.761. The third-order valence-electron chi connectivity index (χ3n) is 6.77. The highest BCUT2D eigenvalue weighted by molar-refractivity contribution is 7.98. The van der Waals surface area contributed by atoms with Crippen molar-refractivity contribution >= 4 is 11.8 Å². The molecule has 2 nitrogen and oxygen atoms in total. The lowest BCUT2D eigenvalue weighted by Gasteiger charge is -2.63. The summed E-state index contributed by atoms with van der Waals surface area (Å²) in [4.78, 5) is 1.37. The normalized spacial score (nSPS) is 41.4. The van der Waals surface area contributed by atoms with Crippen molar-refractivity contribution in [1.82, 2.24) is 0 Å². The summed E-state index contributed by atoms with van der Waals surface area (Å²) >= 11 is 1.83. The van der Waals surface area contributed by atoms with Crippen LogP contribution in [-0.4, -0.2) is 25.3 Å². The first-order chi connectivity index (χ1) is 10.7. The zero-order valence-electron chi connectivity index (χ0n) is 13.2. The summed E-state index contributed by atoms with van der Waals surface area (Å²) in [6, 6.07) is 9.39. The minimum absolute atomic E-state index is 0.209. The van der Waals surface area contributed by atoms with Gasteiger partial charge in [0.05, 0.1) is 13.2 Å². The molecule has 4 atom stereocenters. The summed E-state index contributed by atoms with van der Waals surface area (Å²) in [5, 5.41) is 0. The van der Waals surface area contributed by atoms with E-state index in [9.17, 15) is 0 Å². The smallest absolute Gasteiger partial charge is 0.174 e. The Kier molecular flexibility index (Phi) is 3.00. The minimum atomic E-state index is -0.209. The Morgan fingerprint density at radius 3 is 2.18 bits per heavy atom. The molecule has 0 aromatic heterocycles. The molecule has 1 spiro atoms. The second-order valence-electron chi connectivity index (χ2n) is 7.77. The van der Waals surface area contributed by atoms with Gasteiger partial charge in [-0.15, -0.1) is 11.8 Å². The van der Waals surface area contributed by atoms with Gasteiger partial charge >= 0.3 is 0 Å². The van der Waals surface area contributed by atoms with E-state index < -0.39 is 0 Å². The zero-order chi connectivity index (χ0) is 14.8. The van der Waals surface area contributed by atoms with Gasteiger partial charge in [-0.25, -0.2) is 0 Å². The number of thioether (sulfide) groups is 1. The Hall–Kier alpha value is -0.510. The van der Waals surface area contributed by atoms with E-state index in [2.05, 4.69) is 30.5 Å². The fourth-order valence-electron chi connectivity index (χ4n) is 6.14. The first-order valence-electron chi connectivity index (χ1n) is 8.67. The van der Waals surface area contributed by atoms with Gasteiger partial charge < -0.3 is 9.47 Å². The molecule has 1 saturated heterocycles. The lowest BCUT2D eigenvalue weighted by molar-refractivity contribution is -0.292. The average molecular weight is 316 g/mol. The fraction of sp³-hybridized carbons (Fsp3) is 0.684. The molecule has 1 heterocycles. The van der Waals surface area contributed by atoms with Crippen molar-refractivity contribution in [1.29, 1.82) is 0 Å². The minimum Gasteiger partial charge on any atom is -0.347 e. The topological polar surface area (TPSA) is 18.5 Å². The van der Waals surface area contributed by atoms with Crippen LogP contribution in [0.4, 0.5) is 0 Å². The number of ether oxygens (including phenoxy) is 2. The largest absolute Gasteiger partial charge is 0.347 e. The zero-order valence-corrected chi connectivity index (χ0v) is 14.0. The Bertz CT molecular complexity index is 558. The second kappa shape index (κ2) is 4.75. The van der Waals surface area contributed by atoms with Crippen molar-refractivity contribution < 1.29 is 9.47 Å². The summed E-state index contributed by atoms with van der Waals surface area (Å²) in [6.45, 7) is 1.60. The molecule has 1 aliphatic heterocycles. The van der Waals surface area contributed by atoms with E-state index in [1.54, 1.807) is 5.56 Å². The molecule has 118 valence electrons. The maximum Gasteiger partial charge on any atom is 0.174 e. The molecule has 4 bridgehead atoms.